The molecule has 0 amide bonds. The van der Waals surface area contributed by atoms with Crippen molar-refractivity contribution in [1.82, 2.24) is 4.98 Å². The van der Waals surface area contributed by atoms with Gasteiger partial charge in [0.15, 0.2) is 0 Å². The first-order valence-electron chi connectivity index (χ1n) is 5.20. The van der Waals surface area contributed by atoms with Crippen LogP contribution in [0.25, 0.3) is 0 Å². The maximum absolute atomic E-state index is 10.0. The van der Waals surface area contributed by atoms with Gasteiger partial charge in [0.1, 0.15) is 0 Å². The number of aromatic nitrogens is 1. The van der Waals surface area contributed by atoms with E-state index >= 15 is 0 Å². The Kier molecular flexibility index (Phi) is 4.00. The third-order valence-corrected chi connectivity index (χ3v) is 3.05. The number of nitrogens with zero attached hydrogens (tertiary/aromatic N) is 1. The van der Waals surface area contributed by atoms with Crippen LogP contribution >= 0.6 is 23.2 Å². The number of hydrogen-bond acceptors (Lipinski definition) is 2. The zero-order chi connectivity index (χ0) is 12.3. The van der Waals surface area contributed by atoms with Crippen LogP contribution in [-0.4, -0.2) is 10.1 Å². The van der Waals surface area contributed by atoms with E-state index in [2.05, 4.69) is 4.98 Å². The van der Waals surface area contributed by atoms with Crippen LogP contribution in [0.2, 0.25) is 10.0 Å². The smallest absolute Gasteiger partial charge is 0.1000 e. The lowest BCUT2D eigenvalue weighted by atomic mass is 10.1. The van der Waals surface area contributed by atoms with Crippen molar-refractivity contribution in [2.75, 3.05) is 0 Å². The highest BCUT2D eigenvalue weighted by Gasteiger charge is 2.12. The van der Waals surface area contributed by atoms with Crippen LogP contribution in [0.3, 0.4) is 0 Å². The summed E-state index contributed by atoms with van der Waals surface area (Å²) in [4.78, 5) is 4.10. The van der Waals surface area contributed by atoms with Gasteiger partial charge in [-0.1, -0.05) is 29.3 Å². The normalized spacial score (nSPS) is 12.4. The molecule has 1 heterocycles. The van der Waals surface area contributed by atoms with Gasteiger partial charge >= 0.3 is 0 Å². The Bertz CT molecular complexity index is 502. The zero-order valence-electron chi connectivity index (χ0n) is 8.98. The molecular formula is C13H11Cl2NO. The van der Waals surface area contributed by atoms with Gasteiger partial charge in [-0.15, -0.1) is 0 Å². The molecule has 1 N–H and O–H groups in total. The highest BCUT2D eigenvalue weighted by atomic mass is 35.5. The Labute approximate surface area is 110 Å². The summed E-state index contributed by atoms with van der Waals surface area (Å²) in [5.41, 5.74) is 1.45. The van der Waals surface area contributed by atoms with Gasteiger partial charge in [-0.05, 0) is 35.9 Å². The van der Waals surface area contributed by atoms with Crippen LogP contribution in [0.15, 0.2) is 42.6 Å². The average molecular weight is 268 g/mol. The van der Waals surface area contributed by atoms with Crippen LogP contribution in [0.1, 0.15) is 17.4 Å². The molecule has 0 aliphatic rings. The van der Waals surface area contributed by atoms with Gasteiger partial charge < -0.3 is 5.11 Å². The first-order chi connectivity index (χ1) is 8.16. The fourth-order valence-electron chi connectivity index (χ4n) is 1.59. The summed E-state index contributed by atoms with van der Waals surface area (Å²) in [6.07, 6.45) is 1.38. The van der Waals surface area contributed by atoms with Crippen molar-refractivity contribution in [3.8, 4) is 0 Å². The van der Waals surface area contributed by atoms with E-state index in [4.69, 9.17) is 23.2 Å². The minimum absolute atomic E-state index is 0.399. The highest BCUT2D eigenvalue weighted by Crippen LogP contribution is 2.25. The summed E-state index contributed by atoms with van der Waals surface area (Å²) in [7, 11) is 0. The van der Waals surface area contributed by atoms with Crippen LogP contribution in [0, 0.1) is 0 Å². The molecule has 0 bridgehead atoms. The number of aliphatic hydroxyl groups is 1. The molecule has 1 unspecified atom stereocenters. The lowest BCUT2D eigenvalue weighted by Gasteiger charge is -2.11. The molecular weight excluding hydrogens is 257 g/mol. The standard InChI is InChI=1S/C13H11Cl2NO/c14-10-4-5-11(15)9(7-10)8-13(17)12-3-1-2-6-16-12/h1-7,13,17H,8H2. The second kappa shape index (κ2) is 5.50. The monoisotopic (exact) mass is 267 g/mol. The molecule has 4 heteroatoms. The Morgan fingerprint density at radius 3 is 2.71 bits per heavy atom. The topological polar surface area (TPSA) is 33.1 Å². The SMILES string of the molecule is OC(Cc1cc(Cl)ccc1Cl)c1ccccn1. The number of benzene rings is 1. The summed E-state index contributed by atoms with van der Waals surface area (Å²) in [5, 5.41) is 11.2. The Hall–Kier alpha value is -1.09. The second-order valence-electron chi connectivity index (χ2n) is 3.71. The predicted octanol–water partition coefficient (Wildman–Crippen LogP) is 3.66. The van der Waals surface area contributed by atoms with Gasteiger partial charge in [-0.2, -0.15) is 0 Å². The van der Waals surface area contributed by atoms with Crippen molar-refractivity contribution in [2.24, 2.45) is 0 Å². The van der Waals surface area contributed by atoms with E-state index in [0.29, 0.717) is 22.2 Å². The van der Waals surface area contributed by atoms with Crippen molar-refractivity contribution in [2.45, 2.75) is 12.5 Å². The molecule has 2 rings (SSSR count). The number of halogens is 2. The molecule has 1 aromatic carbocycles. The fourth-order valence-corrected chi connectivity index (χ4v) is 1.98. The van der Waals surface area contributed by atoms with Crippen LogP contribution in [-0.2, 0) is 6.42 Å². The van der Waals surface area contributed by atoms with Crippen LogP contribution in [0.5, 0.6) is 0 Å². The van der Waals surface area contributed by atoms with E-state index in [1.165, 1.54) is 0 Å². The van der Waals surface area contributed by atoms with Crippen molar-refractivity contribution in [1.29, 1.82) is 0 Å². The van der Waals surface area contributed by atoms with Gasteiger partial charge in [0.25, 0.3) is 0 Å². The molecule has 2 nitrogen and oxygen atoms in total. The third kappa shape index (κ3) is 3.19. The van der Waals surface area contributed by atoms with E-state index in [1.807, 2.05) is 12.1 Å². The van der Waals surface area contributed by atoms with Crippen molar-refractivity contribution in [3.05, 3.63) is 63.9 Å². The lowest BCUT2D eigenvalue weighted by Crippen LogP contribution is -2.04. The van der Waals surface area contributed by atoms with E-state index < -0.39 is 6.10 Å². The van der Waals surface area contributed by atoms with Crippen LogP contribution in [0.4, 0.5) is 0 Å². The van der Waals surface area contributed by atoms with E-state index in [0.717, 1.165) is 5.56 Å². The van der Waals surface area contributed by atoms with Crippen molar-refractivity contribution in [3.63, 3.8) is 0 Å². The minimum atomic E-state index is -0.674. The number of rotatable bonds is 3. The summed E-state index contributed by atoms with van der Waals surface area (Å²) in [6, 6.07) is 10.6. The number of pyridine rings is 1. The first-order valence-corrected chi connectivity index (χ1v) is 5.95. The van der Waals surface area contributed by atoms with Gasteiger partial charge in [0.05, 0.1) is 11.8 Å². The lowest BCUT2D eigenvalue weighted by molar-refractivity contribution is 0.173. The summed E-state index contributed by atoms with van der Waals surface area (Å²) in [5.74, 6) is 0. The van der Waals surface area contributed by atoms with Crippen molar-refractivity contribution >= 4 is 23.2 Å². The van der Waals surface area contributed by atoms with E-state index in [9.17, 15) is 5.11 Å². The molecule has 0 spiro atoms. The molecule has 0 radical (unpaired) electrons. The molecule has 17 heavy (non-hydrogen) atoms. The molecule has 0 fully saturated rings. The molecule has 88 valence electrons. The maximum Gasteiger partial charge on any atom is 0.1000 e. The first kappa shape index (κ1) is 12.4. The van der Waals surface area contributed by atoms with Crippen LogP contribution < -0.4 is 0 Å². The quantitative estimate of drug-likeness (QED) is 0.921. The van der Waals surface area contributed by atoms with Crippen molar-refractivity contribution < 1.29 is 5.11 Å². The molecule has 2 aromatic rings. The summed E-state index contributed by atoms with van der Waals surface area (Å²) < 4.78 is 0. The molecule has 0 aliphatic carbocycles. The third-order valence-electron chi connectivity index (χ3n) is 2.45. The molecule has 1 aromatic heterocycles. The average Bonchev–Trinajstić information content (AvgIpc) is 2.35. The van der Waals surface area contributed by atoms with Gasteiger partial charge in [-0.3, -0.25) is 4.98 Å². The fraction of sp³-hybridized carbons (Fsp3) is 0.154. The van der Waals surface area contributed by atoms with E-state index in [-0.39, 0.29) is 0 Å². The Morgan fingerprint density at radius 2 is 2.00 bits per heavy atom. The van der Waals surface area contributed by atoms with E-state index in [1.54, 1.807) is 30.5 Å². The highest BCUT2D eigenvalue weighted by molar-refractivity contribution is 6.33. The largest absolute Gasteiger partial charge is 0.386 e. The maximum atomic E-state index is 10.0. The number of aliphatic hydroxyl groups excluding tert-OH is 1. The summed E-state index contributed by atoms with van der Waals surface area (Å²) in [6.45, 7) is 0. The Morgan fingerprint density at radius 1 is 1.18 bits per heavy atom. The molecule has 0 aliphatic heterocycles. The zero-order valence-corrected chi connectivity index (χ0v) is 10.5. The minimum Gasteiger partial charge on any atom is -0.386 e. The summed E-state index contributed by atoms with van der Waals surface area (Å²) >= 11 is 11.9. The number of hydrogen-bond donors (Lipinski definition) is 1. The molecule has 1 atom stereocenters. The van der Waals surface area contributed by atoms with Gasteiger partial charge in [0, 0.05) is 22.7 Å². The Balaban J connectivity index is 2.18. The molecule has 0 saturated heterocycles. The molecule has 0 saturated carbocycles. The second-order valence-corrected chi connectivity index (χ2v) is 4.55. The van der Waals surface area contributed by atoms with Gasteiger partial charge in [-0.25, -0.2) is 0 Å². The van der Waals surface area contributed by atoms with Gasteiger partial charge in [0.2, 0.25) is 0 Å². The predicted molar refractivity (Wildman–Crippen MR) is 69.4 cm³/mol.